The van der Waals surface area contributed by atoms with Gasteiger partial charge in [-0.3, -0.25) is 4.99 Å². The van der Waals surface area contributed by atoms with Gasteiger partial charge in [-0.25, -0.2) is 9.98 Å². The molecule has 1 aromatic heterocycles. The predicted octanol–water partition coefficient (Wildman–Crippen LogP) is 1.95. The van der Waals surface area contributed by atoms with E-state index in [1.165, 1.54) is 0 Å². The summed E-state index contributed by atoms with van der Waals surface area (Å²) in [5.41, 5.74) is 1.99. The van der Waals surface area contributed by atoms with Crippen molar-refractivity contribution in [2.75, 3.05) is 7.05 Å². The van der Waals surface area contributed by atoms with Crippen LogP contribution in [0.2, 0.25) is 0 Å². The van der Waals surface area contributed by atoms with Crippen LogP contribution in [-0.2, 0) is 7.05 Å². The Morgan fingerprint density at radius 2 is 2.29 bits per heavy atom. The quantitative estimate of drug-likeness (QED) is 0.675. The van der Waals surface area contributed by atoms with Crippen LogP contribution in [0.3, 0.4) is 0 Å². The Morgan fingerprint density at radius 3 is 2.79 bits per heavy atom. The Kier molecular flexibility index (Phi) is 3.17. The number of aromatic nitrogens is 2. The summed E-state index contributed by atoms with van der Waals surface area (Å²) in [7, 11) is 3.70. The molecule has 0 N–H and O–H groups in total. The van der Waals surface area contributed by atoms with E-state index in [4.69, 9.17) is 0 Å². The number of imidazole rings is 1. The SMILES string of the molecule is C=Nc1c(C(C)/C(C)=N/C)ncn1C. The minimum atomic E-state index is 0.196. The molecule has 0 aliphatic heterocycles. The summed E-state index contributed by atoms with van der Waals surface area (Å²) in [4.78, 5) is 12.4. The summed E-state index contributed by atoms with van der Waals surface area (Å²) in [5, 5.41) is 0. The first kappa shape index (κ1) is 10.6. The van der Waals surface area contributed by atoms with E-state index in [0.29, 0.717) is 0 Å². The van der Waals surface area contributed by atoms with Crippen molar-refractivity contribution in [2.24, 2.45) is 17.0 Å². The van der Waals surface area contributed by atoms with Gasteiger partial charge in [0.15, 0.2) is 5.82 Å². The maximum Gasteiger partial charge on any atom is 0.155 e. The molecule has 1 heterocycles. The highest BCUT2D eigenvalue weighted by Gasteiger charge is 2.16. The molecule has 1 rings (SSSR count). The van der Waals surface area contributed by atoms with E-state index in [9.17, 15) is 0 Å². The van der Waals surface area contributed by atoms with Crippen molar-refractivity contribution in [3.8, 4) is 0 Å². The summed E-state index contributed by atoms with van der Waals surface area (Å²) in [6.45, 7) is 7.60. The van der Waals surface area contributed by atoms with Gasteiger partial charge in [0.25, 0.3) is 0 Å². The van der Waals surface area contributed by atoms with Gasteiger partial charge < -0.3 is 4.57 Å². The molecule has 0 aliphatic carbocycles. The van der Waals surface area contributed by atoms with Crippen molar-refractivity contribution in [3.63, 3.8) is 0 Å². The number of rotatable bonds is 3. The molecule has 4 heteroatoms. The molecular formula is C10H16N4. The van der Waals surface area contributed by atoms with Crippen molar-refractivity contribution in [2.45, 2.75) is 19.8 Å². The van der Waals surface area contributed by atoms with Crippen LogP contribution < -0.4 is 0 Å². The largest absolute Gasteiger partial charge is 0.319 e. The molecule has 1 aromatic rings. The minimum Gasteiger partial charge on any atom is -0.319 e. The predicted molar refractivity (Wildman–Crippen MR) is 59.9 cm³/mol. The van der Waals surface area contributed by atoms with E-state index >= 15 is 0 Å². The lowest BCUT2D eigenvalue weighted by Gasteiger charge is -2.08. The Hall–Kier alpha value is -1.45. The van der Waals surface area contributed by atoms with Crippen LogP contribution in [0.15, 0.2) is 16.3 Å². The van der Waals surface area contributed by atoms with E-state index < -0.39 is 0 Å². The molecule has 0 aliphatic rings. The minimum absolute atomic E-state index is 0.196. The van der Waals surface area contributed by atoms with E-state index in [1.54, 1.807) is 13.4 Å². The van der Waals surface area contributed by atoms with Gasteiger partial charge >= 0.3 is 0 Å². The van der Waals surface area contributed by atoms with Crippen LogP contribution in [0.25, 0.3) is 0 Å². The summed E-state index contributed by atoms with van der Waals surface area (Å²) in [6.07, 6.45) is 1.75. The number of nitrogens with zero attached hydrogens (tertiary/aromatic N) is 4. The van der Waals surface area contributed by atoms with E-state index in [-0.39, 0.29) is 5.92 Å². The lowest BCUT2D eigenvalue weighted by atomic mass is 10.0. The van der Waals surface area contributed by atoms with Crippen molar-refractivity contribution >= 4 is 18.2 Å². The summed E-state index contributed by atoms with van der Waals surface area (Å²) >= 11 is 0. The van der Waals surface area contributed by atoms with Gasteiger partial charge in [-0.05, 0) is 13.6 Å². The second kappa shape index (κ2) is 4.17. The molecule has 0 amide bonds. The maximum absolute atomic E-state index is 4.30. The number of aryl methyl sites for hydroxylation is 1. The molecule has 4 nitrogen and oxygen atoms in total. The Bertz CT molecular complexity index is 362. The van der Waals surface area contributed by atoms with E-state index in [2.05, 4.69) is 28.6 Å². The molecule has 0 fully saturated rings. The van der Waals surface area contributed by atoms with Crippen LogP contribution >= 0.6 is 0 Å². The average Bonchev–Trinajstić information content (AvgIpc) is 2.57. The van der Waals surface area contributed by atoms with Gasteiger partial charge in [0.2, 0.25) is 0 Å². The van der Waals surface area contributed by atoms with Crippen LogP contribution in [0.1, 0.15) is 25.5 Å². The van der Waals surface area contributed by atoms with Crippen molar-refractivity contribution in [1.82, 2.24) is 9.55 Å². The lowest BCUT2D eigenvalue weighted by Crippen LogP contribution is -2.05. The maximum atomic E-state index is 4.30. The molecule has 76 valence electrons. The lowest BCUT2D eigenvalue weighted by molar-refractivity contribution is 0.908. The van der Waals surface area contributed by atoms with Crippen LogP contribution in [0.4, 0.5) is 5.82 Å². The fourth-order valence-electron chi connectivity index (χ4n) is 1.33. The molecule has 0 saturated heterocycles. The van der Waals surface area contributed by atoms with Crippen LogP contribution in [-0.4, -0.2) is 29.0 Å². The summed E-state index contributed by atoms with van der Waals surface area (Å²) in [5.74, 6) is 1.02. The molecule has 0 aromatic carbocycles. The molecule has 1 unspecified atom stereocenters. The number of hydrogen-bond acceptors (Lipinski definition) is 3. The number of hydrogen-bond donors (Lipinski definition) is 0. The van der Waals surface area contributed by atoms with Gasteiger partial charge in [-0.2, -0.15) is 0 Å². The summed E-state index contributed by atoms with van der Waals surface area (Å²) in [6, 6.07) is 0. The molecule has 0 radical (unpaired) electrons. The zero-order valence-corrected chi connectivity index (χ0v) is 9.15. The second-order valence-corrected chi connectivity index (χ2v) is 3.31. The van der Waals surface area contributed by atoms with Gasteiger partial charge in [0.1, 0.15) is 0 Å². The van der Waals surface area contributed by atoms with E-state index in [1.807, 2.05) is 18.5 Å². The first-order chi connectivity index (χ1) is 6.61. The zero-order valence-electron chi connectivity index (χ0n) is 9.15. The first-order valence-electron chi connectivity index (χ1n) is 4.53. The highest BCUT2D eigenvalue weighted by molar-refractivity contribution is 5.88. The molecule has 0 saturated carbocycles. The number of aliphatic imine (C=N–C) groups is 2. The smallest absolute Gasteiger partial charge is 0.155 e. The van der Waals surface area contributed by atoms with Gasteiger partial charge in [0, 0.05) is 25.7 Å². The average molecular weight is 192 g/mol. The fraction of sp³-hybridized carbons (Fsp3) is 0.500. The molecular weight excluding hydrogens is 176 g/mol. The Morgan fingerprint density at radius 1 is 1.64 bits per heavy atom. The van der Waals surface area contributed by atoms with Gasteiger partial charge in [0.05, 0.1) is 12.0 Å². The normalized spacial score (nSPS) is 14.1. The first-order valence-corrected chi connectivity index (χ1v) is 4.53. The molecule has 1 atom stereocenters. The zero-order chi connectivity index (χ0) is 10.7. The van der Waals surface area contributed by atoms with Gasteiger partial charge in [-0.15, -0.1) is 0 Å². The molecule has 0 spiro atoms. The topological polar surface area (TPSA) is 42.5 Å². The molecule has 14 heavy (non-hydrogen) atoms. The van der Waals surface area contributed by atoms with Crippen LogP contribution in [0, 0.1) is 0 Å². The fourth-order valence-corrected chi connectivity index (χ4v) is 1.33. The third kappa shape index (κ3) is 1.73. The molecule has 0 bridgehead atoms. The van der Waals surface area contributed by atoms with Crippen molar-refractivity contribution in [3.05, 3.63) is 12.0 Å². The third-order valence-electron chi connectivity index (χ3n) is 2.47. The Balaban J connectivity index is 3.12. The van der Waals surface area contributed by atoms with Crippen LogP contribution in [0.5, 0.6) is 0 Å². The van der Waals surface area contributed by atoms with Crippen molar-refractivity contribution in [1.29, 1.82) is 0 Å². The second-order valence-electron chi connectivity index (χ2n) is 3.31. The highest BCUT2D eigenvalue weighted by atomic mass is 15.1. The van der Waals surface area contributed by atoms with Gasteiger partial charge in [-0.1, -0.05) is 6.92 Å². The van der Waals surface area contributed by atoms with E-state index in [0.717, 1.165) is 17.2 Å². The third-order valence-corrected chi connectivity index (χ3v) is 2.47. The summed E-state index contributed by atoms with van der Waals surface area (Å²) < 4.78 is 1.86. The Labute approximate surface area is 84.4 Å². The monoisotopic (exact) mass is 192 g/mol. The van der Waals surface area contributed by atoms with Crippen molar-refractivity contribution < 1.29 is 0 Å². The standard InChI is InChI=1S/C10H16N4/c1-7(8(2)11-3)9-10(12-4)14(5)6-13-9/h6-7H,4H2,1-3,5H3/b11-8+. The highest BCUT2D eigenvalue weighted by Crippen LogP contribution is 2.25.